The van der Waals surface area contributed by atoms with E-state index in [-0.39, 0.29) is 0 Å². The zero-order chi connectivity index (χ0) is 10.3. The van der Waals surface area contributed by atoms with E-state index < -0.39 is 0 Å². The van der Waals surface area contributed by atoms with Crippen LogP contribution in [0.1, 0.15) is 49.0 Å². The van der Waals surface area contributed by atoms with Gasteiger partial charge in [-0.25, -0.2) is 0 Å². The van der Waals surface area contributed by atoms with Gasteiger partial charge in [0.1, 0.15) is 11.5 Å². The molecule has 0 spiro atoms. The minimum absolute atomic E-state index is 0.538. The highest BCUT2D eigenvalue weighted by molar-refractivity contribution is 6.31. The minimum Gasteiger partial charge on any atom is -0.464 e. The van der Waals surface area contributed by atoms with Gasteiger partial charge in [-0.3, -0.25) is 0 Å². The van der Waals surface area contributed by atoms with E-state index in [0.717, 1.165) is 29.6 Å². The van der Waals surface area contributed by atoms with Gasteiger partial charge in [0.2, 0.25) is 0 Å². The Bertz CT molecular complexity index is 351. The van der Waals surface area contributed by atoms with Crippen molar-refractivity contribution < 1.29 is 4.42 Å². The maximum absolute atomic E-state index is 6.22. The monoisotopic (exact) mass is 225 g/mol. The van der Waals surface area contributed by atoms with Gasteiger partial charge in [-0.05, 0) is 31.9 Å². The summed E-state index contributed by atoms with van der Waals surface area (Å²) in [5.74, 6) is 3.27. The standard InChI is InChI=1S/C12H16ClNO/c13-10-6-11(9-4-5-14-7-9)15-12(10)8-2-1-3-8/h6,8-9,14H,1-5,7H2. The number of nitrogens with one attached hydrogen (secondary N) is 1. The molecule has 1 saturated carbocycles. The first-order chi connectivity index (χ1) is 7.34. The summed E-state index contributed by atoms with van der Waals surface area (Å²) in [4.78, 5) is 0. The molecule has 1 aromatic heterocycles. The summed E-state index contributed by atoms with van der Waals surface area (Å²) in [6.45, 7) is 2.13. The summed E-state index contributed by atoms with van der Waals surface area (Å²) in [5.41, 5.74) is 0. The van der Waals surface area contributed by atoms with Gasteiger partial charge >= 0.3 is 0 Å². The molecule has 0 radical (unpaired) electrons. The van der Waals surface area contributed by atoms with Gasteiger partial charge in [0, 0.05) is 18.4 Å². The first kappa shape index (κ1) is 9.73. The van der Waals surface area contributed by atoms with Gasteiger partial charge in [-0.15, -0.1) is 0 Å². The molecule has 1 aromatic rings. The zero-order valence-corrected chi connectivity index (χ0v) is 9.52. The Morgan fingerprint density at radius 1 is 1.27 bits per heavy atom. The molecule has 82 valence electrons. The molecule has 1 atom stereocenters. The Hall–Kier alpha value is -0.470. The number of furan rings is 1. The second-order valence-corrected chi connectivity index (χ2v) is 5.09. The topological polar surface area (TPSA) is 25.2 Å². The number of hydrogen-bond donors (Lipinski definition) is 1. The van der Waals surface area contributed by atoms with Crippen molar-refractivity contribution in [2.45, 2.75) is 37.5 Å². The van der Waals surface area contributed by atoms with Crippen LogP contribution in [0.5, 0.6) is 0 Å². The Balaban J connectivity index is 1.83. The molecule has 2 fully saturated rings. The molecule has 0 amide bonds. The molecule has 0 bridgehead atoms. The smallest absolute Gasteiger partial charge is 0.125 e. The van der Waals surface area contributed by atoms with Crippen molar-refractivity contribution in [3.8, 4) is 0 Å². The van der Waals surface area contributed by atoms with E-state index in [2.05, 4.69) is 5.32 Å². The van der Waals surface area contributed by atoms with Crippen LogP contribution in [0.2, 0.25) is 5.02 Å². The van der Waals surface area contributed by atoms with Gasteiger partial charge in [-0.2, -0.15) is 0 Å². The van der Waals surface area contributed by atoms with Crippen molar-refractivity contribution in [3.63, 3.8) is 0 Å². The molecule has 2 nitrogen and oxygen atoms in total. The summed E-state index contributed by atoms with van der Waals surface area (Å²) in [6, 6.07) is 2.03. The Kier molecular flexibility index (Phi) is 2.49. The fraction of sp³-hybridized carbons (Fsp3) is 0.667. The molecule has 1 aliphatic heterocycles. The summed E-state index contributed by atoms with van der Waals surface area (Å²) >= 11 is 6.22. The molecule has 0 aromatic carbocycles. The van der Waals surface area contributed by atoms with E-state index in [1.165, 1.54) is 25.7 Å². The predicted octanol–water partition coefficient (Wildman–Crippen LogP) is 3.28. The Morgan fingerprint density at radius 3 is 2.73 bits per heavy atom. The molecular weight excluding hydrogens is 210 g/mol. The van der Waals surface area contributed by atoms with Crippen molar-refractivity contribution in [2.24, 2.45) is 0 Å². The third-order valence-corrected chi connectivity index (χ3v) is 3.97. The van der Waals surface area contributed by atoms with Crippen LogP contribution in [0.25, 0.3) is 0 Å². The lowest BCUT2D eigenvalue weighted by Gasteiger charge is -2.23. The largest absolute Gasteiger partial charge is 0.464 e. The summed E-state index contributed by atoms with van der Waals surface area (Å²) < 4.78 is 5.93. The van der Waals surface area contributed by atoms with E-state index in [9.17, 15) is 0 Å². The zero-order valence-electron chi connectivity index (χ0n) is 8.76. The van der Waals surface area contributed by atoms with Crippen LogP contribution in [0, 0.1) is 0 Å². The Labute approximate surface area is 95.0 Å². The molecule has 3 heteroatoms. The van der Waals surface area contributed by atoms with Crippen LogP contribution >= 0.6 is 11.6 Å². The molecule has 2 heterocycles. The highest BCUT2D eigenvalue weighted by Gasteiger charge is 2.28. The van der Waals surface area contributed by atoms with Crippen LogP contribution in [0.15, 0.2) is 10.5 Å². The number of rotatable bonds is 2. The predicted molar refractivity (Wildman–Crippen MR) is 60.5 cm³/mol. The van der Waals surface area contributed by atoms with Crippen LogP contribution in [0.3, 0.4) is 0 Å². The maximum atomic E-state index is 6.22. The fourth-order valence-electron chi connectivity index (χ4n) is 2.45. The summed E-state index contributed by atoms with van der Waals surface area (Å²) in [5, 5.41) is 4.20. The second-order valence-electron chi connectivity index (χ2n) is 4.68. The molecule has 1 aliphatic carbocycles. The van der Waals surface area contributed by atoms with Crippen LogP contribution < -0.4 is 5.32 Å². The van der Waals surface area contributed by atoms with Crippen molar-refractivity contribution >= 4 is 11.6 Å². The van der Waals surface area contributed by atoms with E-state index >= 15 is 0 Å². The van der Waals surface area contributed by atoms with Crippen molar-refractivity contribution in [1.82, 2.24) is 5.32 Å². The molecule has 15 heavy (non-hydrogen) atoms. The normalized spacial score (nSPS) is 26.9. The highest BCUT2D eigenvalue weighted by atomic mass is 35.5. The minimum atomic E-state index is 0.538. The molecule has 2 aliphatic rings. The van der Waals surface area contributed by atoms with E-state index in [1.54, 1.807) is 0 Å². The quantitative estimate of drug-likeness (QED) is 0.836. The van der Waals surface area contributed by atoms with Crippen LogP contribution in [-0.4, -0.2) is 13.1 Å². The number of halogens is 1. The van der Waals surface area contributed by atoms with Gasteiger partial charge in [-0.1, -0.05) is 18.0 Å². The van der Waals surface area contributed by atoms with Crippen molar-refractivity contribution in [2.75, 3.05) is 13.1 Å². The van der Waals surface area contributed by atoms with Crippen molar-refractivity contribution in [3.05, 3.63) is 22.6 Å². The van der Waals surface area contributed by atoms with Gasteiger partial charge < -0.3 is 9.73 Å². The average Bonchev–Trinajstić information content (AvgIpc) is 2.72. The van der Waals surface area contributed by atoms with Crippen molar-refractivity contribution in [1.29, 1.82) is 0 Å². The second kappa shape index (κ2) is 3.84. The first-order valence-corrected chi connectivity index (χ1v) is 6.22. The lowest BCUT2D eigenvalue weighted by atomic mass is 9.84. The molecule has 1 N–H and O–H groups in total. The van der Waals surface area contributed by atoms with Gasteiger partial charge in [0.05, 0.1) is 5.02 Å². The van der Waals surface area contributed by atoms with Gasteiger partial charge in [0.15, 0.2) is 0 Å². The molecule has 1 unspecified atom stereocenters. The lowest BCUT2D eigenvalue weighted by Crippen LogP contribution is -2.08. The van der Waals surface area contributed by atoms with Gasteiger partial charge in [0.25, 0.3) is 0 Å². The maximum Gasteiger partial charge on any atom is 0.125 e. The average molecular weight is 226 g/mol. The van der Waals surface area contributed by atoms with E-state index in [0.29, 0.717) is 11.8 Å². The summed E-state index contributed by atoms with van der Waals surface area (Å²) in [6.07, 6.45) is 4.99. The third-order valence-electron chi connectivity index (χ3n) is 3.67. The molecular formula is C12H16ClNO. The van der Waals surface area contributed by atoms with E-state index in [4.69, 9.17) is 16.0 Å². The SMILES string of the molecule is Clc1cc(C2CCNC2)oc1C1CCC1. The number of hydrogen-bond acceptors (Lipinski definition) is 2. The van der Waals surface area contributed by atoms with Crippen LogP contribution in [0.4, 0.5) is 0 Å². The highest BCUT2D eigenvalue weighted by Crippen LogP contribution is 2.42. The van der Waals surface area contributed by atoms with E-state index in [1.807, 2.05) is 6.07 Å². The van der Waals surface area contributed by atoms with Crippen LogP contribution in [-0.2, 0) is 0 Å². The summed E-state index contributed by atoms with van der Waals surface area (Å²) in [7, 11) is 0. The fourth-order valence-corrected chi connectivity index (χ4v) is 2.75. The lowest BCUT2D eigenvalue weighted by molar-refractivity contribution is 0.329. The molecule has 1 saturated heterocycles. The first-order valence-electron chi connectivity index (χ1n) is 5.84. The third kappa shape index (κ3) is 1.70. The molecule has 3 rings (SSSR count). The Morgan fingerprint density at radius 2 is 2.13 bits per heavy atom.